The first-order chi connectivity index (χ1) is 14.8. The number of nitro groups is 1. The molecule has 2 aromatic carbocycles. The van der Waals surface area contributed by atoms with Crippen LogP contribution in [-0.4, -0.2) is 49.1 Å². The number of hydrogen-bond acceptors (Lipinski definition) is 8. The number of nitrogens with zero attached hydrogens (tertiary/aromatic N) is 2. The molecule has 31 heavy (non-hydrogen) atoms. The Morgan fingerprint density at radius 2 is 1.58 bits per heavy atom. The van der Waals surface area contributed by atoms with Crippen LogP contribution < -0.4 is 18.9 Å². The quantitative estimate of drug-likeness (QED) is 0.329. The number of methoxy groups -OCH3 is 4. The average molecular weight is 427 g/mol. The lowest BCUT2D eigenvalue weighted by molar-refractivity contribution is -0.385. The fourth-order valence-corrected chi connectivity index (χ4v) is 3.15. The van der Waals surface area contributed by atoms with Gasteiger partial charge in [0.15, 0.2) is 17.2 Å². The van der Waals surface area contributed by atoms with E-state index in [0.29, 0.717) is 34.3 Å². The fraction of sp³-hybridized carbons (Fsp3) is 0.238. The molecule has 1 heterocycles. The maximum atomic E-state index is 13.2. The van der Waals surface area contributed by atoms with E-state index in [1.807, 2.05) is 0 Å². The molecule has 0 aliphatic heterocycles. The lowest BCUT2D eigenvalue weighted by Gasteiger charge is -2.13. The number of ketones is 1. The highest BCUT2D eigenvalue weighted by molar-refractivity contribution is 6.09. The zero-order valence-electron chi connectivity index (χ0n) is 17.6. The van der Waals surface area contributed by atoms with E-state index in [-0.39, 0.29) is 28.5 Å². The third-order valence-corrected chi connectivity index (χ3v) is 4.68. The normalized spacial score (nSPS) is 10.5. The molecule has 0 aliphatic rings. The molecule has 3 aromatic rings. The molecule has 0 saturated heterocycles. The summed E-state index contributed by atoms with van der Waals surface area (Å²) in [5, 5.41) is 11.3. The van der Waals surface area contributed by atoms with E-state index in [1.54, 1.807) is 13.0 Å². The lowest BCUT2D eigenvalue weighted by Crippen LogP contribution is -2.06. The van der Waals surface area contributed by atoms with Crippen molar-refractivity contribution < 1.29 is 28.7 Å². The van der Waals surface area contributed by atoms with E-state index in [9.17, 15) is 14.9 Å². The Bertz CT molecular complexity index is 1130. The average Bonchev–Trinajstić information content (AvgIpc) is 3.18. The van der Waals surface area contributed by atoms with E-state index in [2.05, 4.69) is 9.97 Å². The number of carbonyl (C=O) groups is 1. The molecule has 10 heteroatoms. The van der Waals surface area contributed by atoms with Crippen LogP contribution in [0.15, 0.2) is 30.3 Å². The van der Waals surface area contributed by atoms with Crippen molar-refractivity contribution >= 4 is 11.5 Å². The van der Waals surface area contributed by atoms with E-state index < -0.39 is 4.92 Å². The molecule has 0 aliphatic carbocycles. The smallest absolute Gasteiger partial charge is 0.311 e. The maximum absolute atomic E-state index is 13.2. The summed E-state index contributed by atoms with van der Waals surface area (Å²) in [7, 11) is 5.74. The Labute approximate surface area is 177 Å². The predicted molar refractivity (Wildman–Crippen MR) is 111 cm³/mol. The van der Waals surface area contributed by atoms with Gasteiger partial charge in [0.2, 0.25) is 11.5 Å². The first-order valence-corrected chi connectivity index (χ1v) is 9.08. The van der Waals surface area contributed by atoms with Crippen molar-refractivity contribution in [1.82, 2.24) is 9.97 Å². The number of aromatic nitrogens is 2. The van der Waals surface area contributed by atoms with Gasteiger partial charge in [0.1, 0.15) is 11.5 Å². The SMILES string of the molecule is COc1ccc(-c2nc(C(=O)c3cc(OC)c(OC)c(OC)c3)c(C)[nH]2)cc1[N+](=O)[O-]. The van der Waals surface area contributed by atoms with Crippen molar-refractivity contribution in [2.24, 2.45) is 0 Å². The number of benzene rings is 2. The van der Waals surface area contributed by atoms with E-state index in [1.165, 1.54) is 52.7 Å². The van der Waals surface area contributed by atoms with Crippen LogP contribution in [0.5, 0.6) is 23.0 Å². The van der Waals surface area contributed by atoms with Crippen LogP contribution in [0.3, 0.4) is 0 Å². The predicted octanol–water partition coefficient (Wildman–Crippen LogP) is 3.56. The Kier molecular flexibility index (Phi) is 6.10. The molecule has 0 atom stereocenters. The van der Waals surface area contributed by atoms with E-state index in [4.69, 9.17) is 18.9 Å². The monoisotopic (exact) mass is 427 g/mol. The second-order valence-electron chi connectivity index (χ2n) is 6.45. The minimum Gasteiger partial charge on any atom is -0.493 e. The van der Waals surface area contributed by atoms with Gasteiger partial charge >= 0.3 is 5.69 Å². The van der Waals surface area contributed by atoms with Crippen molar-refractivity contribution in [2.45, 2.75) is 6.92 Å². The van der Waals surface area contributed by atoms with Crippen molar-refractivity contribution in [1.29, 1.82) is 0 Å². The Morgan fingerprint density at radius 3 is 2.10 bits per heavy atom. The van der Waals surface area contributed by atoms with Crippen LogP contribution in [0.2, 0.25) is 0 Å². The van der Waals surface area contributed by atoms with E-state index >= 15 is 0 Å². The highest BCUT2D eigenvalue weighted by Gasteiger charge is 2.23. The molecule has 3 rings (SSSR count). The lowest BCUT2D eigenvalue weighted by atomic mass is 10.1. The van der Waals surface area contributed by atoms with Crippen molar-refractivity contribution in [3.63, 3.8) is 0 Å². The summed E-state index contributed by atoms with van der Waals surface area (Å²) in [4.78, 5) is 31.3. The third-order valence-electron chi connectivity index (χ3n) is 4.68. The molecule has 0 fully saturated rings. The minimum atomic E-state index is -0.542. The first kappa shape index (κ1) is 21.6. The number of aryl methyl sites for hydroxylation is 1. The van der Waals surface area contributed by atoms with Gasteiger partial charge in [-0.15, -0.1) is 0 Å². The van der Waals surface area contributed by atoms with Gasteiger partial charge in [-0.05, 0) is 31.2 Å². The molecular weight excluding hydrogens is 406 g/mol. The van der Waals surface area contributed by atoms with Crippen molar-refractivity contribution in [2.75, 3.05) is 28.4 Å². The molecule has 1 aromatic heterocycles. The summed E-state index contributed by atoms with van der Waals surface area (Å²) >= 11 is 0. The number of carbonyl (C=O) groups excluding carboxylic acids is 1. The molecule has 1 N–H and O–H groups in total. The number of aromatic amines is 1. The standard InChI is InChI=1S/C21H21N3O7/c1-11-18(19(25)13-9-16(29-3)20(31-5)17(10-13)30-4)23-21(22-11)12-6-7-15(28-2)14(8-12)24(26)27/h6-10H,1-5H3,(H,22,23). The van der Waals surface area contributed by atoms with Crippen LogP contribution in [0, 0.1) is 17.0 Å². The van der Waals surface area contributed by atoms with Gasteiger partial charge in [-0.3, -0.25) is 14.9 Å². The molecule has 0 bridgehead atoms. The first-order valence-electron chi connectivity index (χ1n) is 9.08. The number of nitro benzene ring substituents is 1. The van der Waals surface area contributed by atoms with Crippen LogP contribution in [-0.2, 0) is 0 Å². The number of imidazole rings is 1. The summed E-state index contributed by atoms with van der Waals surface area (Å²) in [6.45, 7) is 1.69. The minimum absolute atomic E-state index is 0.130. The molecule has 0 unspecified atom stereocenters. The van der Waals surface area contributed by atoms with E-state index in [0.717, 1.165) is 0 Å². The molecule has 0 amide bonds. The molecule has 10 nitrogen and oxygen atoms in total. The second-order valence-corrected chi connectivity index (χ2v) is 6.45. The largest absolute Gasteiger partial charge is 0.493 e. The fourth-order valence-electron chi connectivity index (χ4n) is 3.15. The van der Waals surface area contributed by atoms with Crippen LogP contribution >= 0.6 is 0 Å². The van der Waals surface area contributed by atoms with Crippen molar-refractivity contribution in [3.8, 4) is 34.4 Å². The zero-order chi connectivity index (χ0) is 22.7. The summed E-state index contributed by atoms with van der Waals surface area (Å²) < 4.78 is 20.9. The number of rotatable bonds is 8. The number of hydrogen-bond donors (Lipinski definition) is 1. The third kappa shape index (κ3) is 4.00. The van der Waals surface area contributed by atoms with Gasteiger partial charge in [-0.25, -0.2) is 4.98 Å². The van der Waals surface area contributed by atoms with Crippen molar-refractivity contribution in [3.05, 3.63) is 57.4 Å². The van der Waals surface area contributed by atoms with Gasteiger partial charge in [0.05, 0.1) is 33.4 Å². The molecule has 0 radical (unpaired) electrons. The van der Waals surface area contributed by atoms with Crippen LogP contribution in [0.4, 0.5) is 5.69 Å². The second kappa shape index (κ2) is 8.74. The summed E-state index contributed by atoms with van der Waals surface area (Å²) in [5.41, 5.74) is 1.21. The maximum Gasteiger partial charge on any atom is 0.311 e. The molecule has 0 saturated carbocycles. The summed E-state index contributed by atoms with van der Waals surface area (Å²) in [6, 6.07) is 7.51. The summed E-state index contributed by atoms with van der Waals surface area (Å²) in [5.74, 6) is 1.12. The van der Waals surface area contributed by atoms with Gasteiger partial charge in [-0.2, -0.15) is 0 Å². The van der Waals surface area contributed by atoms with Gasteiger partial charge in [-0.1, -0.05) is 0 Å². The van der Waals surface area contributed by atoms with Crippen LogP contribution in [0.1, 0.15) is 21.7 Å². The topological polar surface area (TPSA) is 126 Å². The number of H-pyrrole nitrogens is 1. The van der Waals surface area contributed by atoms with Gasteiger partial charge < -0.3 is 23.9 Å². The zero-order valence-corrected chi connectivity index (χ0v) is 17.6. The highest BCUT2D eigenvalue weighted by Crippen LogP contribution is 2.39. The van der Waals surface area contributed by atoms with Crippen LogP contribution in [0.25, 0.3) is 11.4 Å². The Balaban J connectivity index is 2.05. The van der Waals surface area contributed by atoms with Gasteiger partial charge in [0.25, 0.3) is 0 Å². The number of nitrogens with one attached hydrogen (secondary N) is 1. The molecular formula is C21H21N3O7. The highest BCUT2D eigenvalue weighted by atomic mass is 16.6. The Hall–Kier alpha value is -4.08. The number of ether oxygens (including phenoxy) is 4. The summed E-state index contributed by atoms with van der Waals surface area (Å²) in [6.07, 6.45) is 0. The van der Waals surface area contributed by atoms with Gasteiger partial charge in [0, 0.05) is 22.9 Å². The molecule has 0 spiro atoms. The Morgan fingerprint density at radius 1 is 0.968 bits per heavy atom. The molecule has 162 valence electrons.